The number of sulfone groups is 1. The van der Waals surface area contributed by atoms with Crippen LogP contribution < -0.4 is 5.73 Å². The smallest absolute Gasteiger partial charge is 0.266 e. The van der Waals surface area contributed by atoms with Gasteiger partial charge in [0.1, 0.15) is 9.84 Å². The number of nitrogens with zero attached hydrogens (tertiary/aromatic N) is 2. The highest BCUT2D eigenvalue weighted by Crippen LogP contribution is 2.39. The van der Waals surface area contributed by atoms with Gasteiger partial charge in [-0.25, -0.2) is 13.4 Å². The van der Waals surface area contributed by atoms with Crippen molar-refractivity contribution in [1.82, 2.24) is 4.90 Å². The molecule has 1 heterocycles. The second-order valence-electron chi connectivity index (χ2n) is 7.17. The maximum absolute atomic E-state index is 13.5. The van der Waals surface area contributed by atoms with Crippen LogP contribution >= 0.6 is 0 Å². The lowest BCUT2D eigenvalue weighted by Gasteiger charge is -2.27. The predicted octanol–water partition coefficient (Wildman–Crippen LogP) is 2.69. The molecule has 0 aromatic heterocycles. The summed E-state index contributed by atoms with van der Waals surface area (Å²) in [5.74, 6) is 0.366. The van der Waals surface area contributed by atoms with Gasteiger partial charge in [-0.2, -0.15) is 0 Å². The van der Waals surface area contributed by atoms with Crippen LogP contribution in [0.3, 0.4) is 0 Å². The van der Waals surface area contributed by atoms with Crippen LogP contribution in [0.15, 0.2) is 65.7 Å². The van der Waals surface area contributed by atoms with E-state index in [1.807, 2.05) is 60.7 Å². The van der Waals surface area contributed by atoms with E-state index in [1.54, 1.807) is 6.92 Å². The van der Waals surface area contributed by atoms with Crippen molar-refractivity contribution in [2.75, 3.05) is 18.1 Å². The number of guanidine groups is 1. The van der Waals surface area contributed by atoms with Gasteiger partial charge in [0.05, 0.1) is 5.75 Å². The summed E-state index contributed by atoms with van der Waals surface area (Å²) in [6, 6.07) is 18.9. The summed E-state index contributed by atoms with van der Waals surface area (Å²) in [6.07, 6.45) is 1.96. The molecule has 0 saturated heterocycles. The molecule has 0 unspecified atom stereocenters. The molecule has 0 bridgehead atoms. The van der Waals surface area contributed by atoms with E-state index in [0.29, 0.717) is 25.8 Å². The van der Waals surface area contributed by atoms with Gasteiger partial charge in [0.15, 0.2) is 11.5 Å². The molecule has 0 saturated carbocycles. The van der Waals surface area contributed by atoms with Crippen LogP contribution in [0.1, 0.15) is 37.3 Å². The third kappa shape index (κ3) is 4.34. The molecule has 1 aliphatic heterocycles. The van der Waals surface area contributed by atoms with Crippen molar-refractivity contribution >= 4 is 21.7 Å². The van der Waals surface area contributed by atoms with E-state index in [4.69, 9.17) is 5.73 Å². The van der Waals surface area contributed by atoms with Crippen molar-refractivity contribution in [3.05, 3.63) is 71.8 Å². The summed E-state index contributed by atoms with van der Waals surface area (Å²) in [5.41, 5.74) is 6.55. The second-order valence-corrected chi connectivity index (χ2v) is 9.64. The van der Waals surface area contributed by atoms with Crippen LogP contribution in [0.2, 0.25) is 0 Å². The Hall–Kier alpha value is -2.67. The maximum Gasteiger partial charge on any atom is 0.266 e. The number of carbonyl (C=O) groups is 1. The second kappa shape index (κ2) is 8.78. The van der Waals surface area contributed by atoms with Crippen molar-refractivity contribution < 1.29 is 13.2 Å². The van der Waals surface area contributed by atoms with E-state index in [0.717, 1.165) is 11.1 Å². The monoisotopic (exact) mass is 413 g/mol. The van der Waals surface area contributed by atoms with Crippen LogP contribution in [0.4, 0.5) is 0 Å². The molecule has 154 valence electrons. The van der Waals surface area contributed by atoms with Gasteiger partial charge in [0.25, 0.3) is 5.91 Å². The first-order valence-electron chi connectivity index (χ1n) is 9.89. The zero-order chi connectivity index (χ0) is 20.9. The van der Waals surface area contributed by atoms with Gasteiger partial charge < -0.3 is 5.73 Å². The molecule has 0 aliphatic carbocycles. The van der Waals surface area contributed by atoms with Crippen molar-refractivity contribution in [3.63, 3.8) is 0 Å². The number of benzene rings is 2. The molecule has 2 aromatic rings. The van der Waals surface area contributed by atoms with Gasteiger partial charge in [-0.15, -0.1) is 0 Å². The fraction of sp³-hybridized carbons (Fsp3) is 0.364. The fourth-order valence-corrected chi connectivity index (χ4v) is 4.54. The maximum atomic E-state index is 13.5. The van der Waals surface area contributed by atoms with Gasteiger partial charge >= 0.3 is 0 Å². The first-order chi connectivity index (χ1) is 13.9. The molecule has 0 fully saturated rings. The summed E-state index contributed by atoms with van der Waals surface area (Å²) in [6.45, 7) is 2.07. The Kier molecular flexibility index (Phi) is 6.37. The van der Waals surface area contributed by atoms with Crippen molar-refractivity contribution in [3.8, 4) is 0 Å². The fourth-order valence-electron chi connectivity index (χ4n) is 3.61. The Morgan fingerprint density at radius 2 is 1.48 bits per heavy atom. The number of aliphatic imine (C=N–C) groups is 1. The van der Waals surface area contributed by atoms with E-state index in [2.05, 4.69) is 4.99 Å². The van der Waals surface area contributed by atoms with Crippen LogP contribution in [-0.2, 0) is 20.2 Å². The number of carbonyl (C=O) groups excluding carboxylic acids is 1. The highest BCUT2D eigenvalue weighted by molar-refractivity contribution is 7.91. The van der Waals surface area contributed by atoms with Crippen LogP contribution in [0, 0.1) is 0 Å². The summed E-state index contributed by atoms with van der Waals surface area (Å²) in [7, 11) is -2.96. The SMILES string of the molecule is CCS(=O)(=O)CCCCCN1C(=O)C(c2ccccc2)(c2ccccc2)N=C1N. The number of rotatable bonds is 9. The largest absolute Gasteiger partial charge is 0.369 e. The Labute approximate surface area is 172 Å². The molecule has 29 heavy (non-hydrogen) atoms. The minimum atomic E-state index is -2.96. The Morgan fingerprint density at radius 3 is 2.00 bits per heavy atom. The van der Waals surface area contributed by atoms with E-state index < -0.39 is 15.4 Å². The normalized spacial score (nSPS) is 16.1. The highest BCUT2D eigenvalue weighted by Gasteiger charge is 2.50. The first kappa shape index (κ1) is 21.0. The van der Waals surface area contributed by atoms with Crippen LogP contribution in [0.25, 0.3) is 0 Å². The topological polar surface area (TPSA) is 92.8 Å². The number of nitrogens with two attached hydrogens (primary N) is 1. The van der Waals surface area contributed by atoms with E-state index in [1.165, 1.54) is 4.90 Å². The molecular weight excluding hydrogens is 386 g/mol. The minimum Gasteiger partial charge on any atom is -0.369 e. The van der Waals surface area contributed by atoms with E-state index in [9.17, 15) is 13.2 Å². The number of hydrogen-bond donors (Lipinski definition) is 1. The van der Waals surface area contributed by atoms with Gasteiger partial charge in [-0.3, -0.25) is 9.69 Å². The van der Waals surface area contributed by atoms with Crippen molar-refractivity contribution in [2.24, 2.45) is 10.7 Å². The quantitative estimate of drug-likeness (QED) is 0.640. The molecular formula is C22H27N3O3S. The van der Waals surface area contributed by atoms with Gasteiger partial charge in [0, 0.05) is 12.3 Å². The number of hydrogen-bond acceptors (Lipinski definition) is 5. The van der Waals surface area contributed by atoms with E-state index >= 15 is 0 Å². The molecule has 0 spiro atoms. The molecule has 2 aromatic carbocycles. The summed E-state index contributed by atoms with van der Waals surface area (Å²) in [4.78, 5) is 19.7. The third-order valence-corrected chi connectivity index (χ3v) is 7.06. The summed E-state index contributed by atoms with van der Waals surface area (Å²) >= 11 is 0. The zero-order valence-corrected chi connectivity index (χ0v) is 17.4. The molecule has 0 atom stereocenters. The predicted molar refractivity (Wildman–Crippen MR) is 115 cm³/mol. The lowest BCUT2D eigenvalue weighted by Crippen LogP contribution is -2.44. The van der Waals surface area contributed by atoms with Gasteiger partial charge in [0.2, 0.25) is 0 Å². The molecule has 1 amide bonds. The van der Waals surface area contributed by atoms with Crippen LogP contribution in [-0.4, -0.2) is 43.2 Å². The lowest BCUT2D eigenvalue weighted by atomic mass is 9.83. The van der Waals surface area contributed by atoms with E-state index in [-0.39, 0.29) is 23.4 Å². The van der Waals surface area contributed by atoms with Crippen molar-refractivity contribution in [2.45, 2.75) is 31.7 Å². The highest BCUT2D eigenvalue weighted by atomic mass is 32.2. The Bertz CT molecular complexity index is 933. The number of unbranched alkanes of at least 4 members (excludes halogenated alkanes) is 2. The molecule has 2 N–H and O–H groups in total. The third-order valence-electron chi connectivity index (χ3n) is 5.27. The minimum absolute atomic E-state index is 0.161. The number of amides is 1. The van der Waals surface area contributed by atoms with Gasteiger partial charge in [-0.1, -0.05) is 74.0 Å². The summed E-state index contributed by atoms with van der Waals surface area (Å²) < 4.78 is 23.2. The molecule has 6 nitrogen and oxygen atoms in total. The standard InChI is InChI=1S/C22H27N3O3S/c1-2-29(27,28)17-11-5-10-16-25-20(26)22(24-21(25)23,18-12-6-3-7-13-18)19-14-8-4-9-15-19/h3-4,6-9,12-15H,2,5,10-11,16-17H2,1H3,(H2,23,24). The Morgan fingerprint density at radius 1 is 0.931 bits per heavy atom. The molecule has 0 radical (unpaired) electrons. The van der Waals surface area contributed by atoms with Gasteiger partial charge in [-0.05, 0) is 24.0 Å². The average Bonchev–Trinajstić information content (AvgIpc) is 3.00. The zero-order valence-electron chi connectivity index (χ0n) is 16.6. The Balaban J connectivity index is 1.78. The average molecular weight is 414 g/mol. The molecule has 1 aliphatic rings. The molecule has 7 heteroatoms. The summed E-state index contributed by atoms with van der Waals surface area (Å²) in [5, 5.41) is 0. The lowest BCUT2D eigenvalue weighted by molar-refractivity contribution is -0.130. The molecule has 3 rings (SSSR count). The first-order valence-corrected chi connectivity index (χ1v) is 11.7. The van der Waals surface area contributed by atoms with Crippen molar-refractivity contribution in [1.29, 1.82) is 0 Å². The van der Waals surface area contributed by atoms with Crippen LogP contribution in [0.5, 0.6) is 0 Å².